The van der Waals surface area contributed by atoms with Crippen molar-refractivity contribution in [3.8, 4) is 16.9 Å². The summed E-state index contributed by atoms with van der Waals surface area (Å²) in [7, 11) is 0. The first-order chi connectivity index (χ1) is 22.3. The Labute approximate surface area is 282 Å². The Bertz CT molecular complexity index is 1950. The van der Waals surface area contributed by atoms with Crippen LogP contribution in [0.1, 0.15) is 36.8 Å². The molecule has 234 valence electrons. The molecule has 3 heterocycles. The Morgan fingerprint density at radius 2 is 1.96 bits per heavy atom. The van der Waals surface area contributed by atoms with E-state index < -0.39 is 6.09 Å². The van der Waals surface area contributed by atoms with Crippen molar-refractivity contribution in [3.05, 3.63) is 110 Å². The zero-order chi connectivity index (χ0) is 31.8. The number of hydrogen-bond acceptors (Lipinski definition) is 3. The van der Waals surface area contributed by atoms with Crippen LogP contribution in [-0.4, -0.2) is 60.4 Å². The number of amides is 1. The van der Waals surface area contributed by atoms with Crippen molar-refractivity contribution in [1.29, 1.82) is 0 Å². The van der Waals surface area contributed by atoms with Gasteiger partial charge in [0.1, 0.15) is 0 Å². The van der Waals surface area contributed by atoms with Crippen molar-refractivity contribution in [2.75, 3.05) is 24.6 Å². The van der Waals surface area contributed by atoms with Crippen LogP contribution in [0.25, 0.3) is 27.0 Å². The predicted octanol–water partition coefficient (Wildman–Crippen LogP) is 6.20. The predicted molar refractivity (Wildman–Crippen MR) is 188 cm³/mol. The second kappa shape index (κ2) is 13.1. The molecule has 1 aromatic heterocycles. The standard InChI is InChI=1S/C38H37N3O3Se2/c1-24-12-13-33-31(20-24)40(15-14-39-38(42)43)35(45-33)11-7-10-28-18-25(2)19-29(26(28)3)23-36-41-16-17-44-32-21-30(22-34(46-36)37(32)41)27-8-5-4-6-9-27/h4-13,20-23,25,39H,14-19H2,1-3H3/p+1. The van der Waals surface area contributed by atoms with Crippen LogP contribution < -0.4 is 24.0 Å². The summed E-state index contributed by atoms with van der Waals surface area (Å²) in [6.45, 7) is 9.37. The molecule has 0 spiro atoms. The Kier molecular flexibility index (Phi) is 8.80. The van der Waals surface area contributed by atoms with Crippen LogP contribution in [0.3, 0.4) is 0 Å². The average molecular weight is 743 g/mol. The number of nitrogens with zero attached hydrogens (tertiary/aromatic N) is 2. The minimum absolute atomic E-state index is 0.179. The van der Waals surface area contributed by atoms with Gasteiger partial charge in [-0.25, -0.2) is 0 Å². The van der Waals surface area contributed by atoms with Crippen LogP contribution in [0.4, 0.5) is 10.5 Å². The first-order valence-electron chi connectivity index (χ1n) is 15.8. The molecule has 46 heavy (non-hydrogen) atoms. The zero-order valence-corrected chi connectivity index (χ0v) is 29.8. The summed E-state index contributed by atoms with van der Waals surface area (Å²) < 4.78 is 14.2. The fraction of sp³-hybridized carbons (Fsp3) is 0.263. The Balaban J connectivity index is 1.19. The summed E-state index contributed by atoms with van der Waals surface area (Å²) in [5.41, 5.74) is 10.4. The molecule has 3 aromatic carbocycles. The van der Waals surface area contributed by atoms with Crippen molar-refractivity contribution in [2.24, 2.45) is 5.92 Å². The topological polar surface area (TPSA) is 65.7 Å². The summed E-state index contributed by atoms with van der Waals surface area (Å²) >= 11 is 0.395. The number of fused-ring (bicyclic) bond motifs is 1. The molecule has 0 saturated carbocycles. The van der Waals surface area contributed by atoms with Crippen LogP contribution in [0.15, 0.2) is 100 Å². The second-order valence-electron chi connectivity index (χ2n) is 12.3. The van der Waals surface area contributed by atoms with Gasteiger partial charge in [-0.15, -0.1) is 0 Å². The molecule has 2 N–H and O–H groups in total. The number of rotatable bonds is 7. The van der Waals surface area contributed by atoms with E-state index in [4.69, 9.17) is 9.84 Å². The van der Waals surface area contributed by atoms with Crippen LogP contribution >= 0.6 is 0 Å². The van der Waals surface area contributed by atoms with Crippen molar-refractivity contribution in [1.82, 2.24) is 5.32 Å². The molecule has 0 bridgehead atoms. The van der Waals surface area contributed by atoms with E-state index in [0.717, 1.165) is 25.1 Å². The number of allylic oxidation sites excluding steroid dienone is 6. The number of aryl methyl sites for hydroxylation is 1. The fourth-order valence-corrected chi connectivity index (χ4v) is 11.4. The first-order valence-corrected chi connectivity index (χ1v) is 19.3. The molecule has 1 atom stereocenters. The van der Waals surface area contributed by atoms with Gasteiger partial charge in [-0.3, -0.25) is 0 Å². The molecular formula is C38H38N3O3Se2+. The van der Waals surface area contributed by atoms with Crippen LogP contribution in [-0.2, 0) is 6.54 Å². The SMILES string of the molecule is CC1=C(/C=C/C=C2\[Se]c3ccc(C)cc3N2CCNC(=O)O)CC(C)C/C1=C\c1[se]c2cc(-c3ccccc3)cc3c2[n+]1CCO3. The number of benzene rings is 3. The van der Waals surface area contributed by atoms with E-state index in [1.54, 1.807) is 0 Å². The molecule has 4 aromatic rings. The average Bonchev–Trinajstić information content (AvgIpc) is 3.57. The Morgan fingerprint density at radius 1 is 1.11 bits per heavy atom. The number of nitrogens with one attached hydrogen (secondary N) is 1. The van der Waals surface area contributed by atoms with Crippen molar-refractivity contribution in [2.45, 2.75) is 40.2 Å². The van der Waals surface area contributed by atoms with Gasteiger partial charge in [0.15, 0.2) is 0 Å². The van der Waals surface area contributed by atoms with Gasteiger partial charge >= 0.3 is 284 Å². The van der Waals surface area contributed by atoms with Gasteiger partial charge in [0.05, 0.1) is 0 Å². The molecule has 7 rings (SSSR count). The van der Waals surface area contributed by atoms with Gasteiger partial charge in [0.2, 0.25) is 0 Å². The van der Waals surface area contributed by atoms with Crippen molar-refractivity contribution in [3.63, 3.8) is 0 Å². The van der Waals surface area contributed by atoms with E-state index in [1.165, 1.54) is 62.5 Å². The van der Waals surface area contributed by atoms with E-state index in [1.807, 2.05) is 0 Å². The Morgan fingerprint density at radius 3 is 2.78 bits per heavy atom. The van der Waals surface area contributed by atoms with Crippen LogP contribution in [0.2, 0.25) is 0 Å². The van der Waals surface area contributed by atoms with Gasteiger partial charge in [0.25, 0.3) is 0 Å². The third-order valence-electron chi connectivity index (χ3n) is 8.90. The van der Waals surface area contributed by atoms with Gasteiger partial charge in [-0.2, -0.15) is 0 Å². The molecule has 1 unspecified atom stereocenters. The van der Waals surface area contributed by atoms with Gasteiger partial charge in [-0.05, 0) is 0 Å². The quantitative estimate of drug-likeness (QED) is 0.175. The molecule has 1 amide bonds. The number of hydrogen-bond donors (Lipinski definition) is 2. The molecule has 0 fully saturated rings. The van der Waals surface area contributed by atoms with Gasteiger partial charge < -0.3 is 0 Å². The number of ether oxygens (including phenoxy) is 1. The third-order valence-corrected chi connectivity index (χ3v) is 13.5. The summed E-state index contributed by atoms with van der Waals surface area (Å²) in [6.07, 6.45) is 10.4. The first kappa shape index (κ1) is 30.8. The van der Waals surface area contributed by atoms with Crippen LogP contribution in [0, 0.1) is 12.8 Å². The third kappa shape index (κ3) is 6.28. The van der Waals surface area contributed by atoms with Gasteiger partial charge in [-0.1, -0.05) is 0 Å². The van der Waals surface area contributed by atoms with E-state index in [-0.39, 0.29) is 29.5 Å². The van der Waals surface area contributed by atoms with Crippen molar-refractivity contribution >= 4 is 61.6 Å². The van der Waals surface area contributed by atoms with Crippen molar-refractivity contribution < 1.29 is 19.2 Å². The summed E-state index contributed by atoms with van der Waals surface area (Å²) in [6, 6.07) is 21.8. The maximum atomic E-state index is 11.1. The molecular weight excluding hydrogens is 704 g/mol. The second-order valence-corrected chi connectivity index (χ2v) is 16.7. The summed E-state index contributed by atoms with van der Waals surface area (Å²) in [4.78, 5) is 13.4. The molecule has 0 saturated heterocycles. The number of anilines is 1. The van der Waals surface area contributed by atoms with Crippen LogP contribution in [0.5, 0.6) is 5.75 Å². The number of carboxylic acid groups (broad SMARTS) is 1. The van der Waals surface area contributed by atoms with E-state index in [2.05, 4.69) is 121 Å². The van der Waals surface area contributed by atoms with Gasteiger partial charge in [0, 0.05) is 0 Å². The van der Waals surface area contributed by atoms with E-state index >= 15 is 0 Å². The molecule has 6 nitrogen and oxygen atoms in total. The van der Waals surface area contributed by atoms with E-state index in [0.29, 0.717) is 25.6 Å². The Hall–Kier alpha value is -3.80. The monoisotopic (exact) mass is 744 g/mol. The molecule has 0 radical (unpaired) electrons. The molecule has 2 aliphatic heterocycles. The number of aromatic nitrogens is 1. The fourth-order valence-electron chi connectivity index (χ4n) is 6.62. The molecule has 3 aliphatic rings. The summed E-state index contributed by atoms with van der Waals surface area (Å²) in [5.74, 6) is 1.59. The number of carbonyl (C=O) groups is 1. The minimum atomic E-state index is -0.982. The molecule has 8 heteroatoms. The normalized spacial score (nSPS) is 19.4. The molecule has 1 aliphatic carbocycles. The maximum absolute atomic E-state index is 11.1. The van der Waals surface area contributed by atoms with E-state index in [9.17, 15) is 4.79 Å². The summed E-state index contributed by atoms with van der Waals surface area (Å²) in [5, 5.41) is 11.6. The zero-order valence-electron chi connectivity index (χ0n) is 26.4.